The third-order valence-corrected chi connectivity index (χ3v) is 4.27. The first kappa shape index (κ1) is 13.4. The van der Waals surface area contributed by atoms with Crippen LogP contribution in [0.25, 0.3) is 4.96 Å². The molecule has 0 aliphatic carbocycles. The Balaban J connectivity index is 2.41. The maximum Gasteiger partial charge on any atom is 0.195 e. The molecular weight excluding hydrogens is 244 g/mol. The number of hydrogen-bond acceptors (Lipinski definition) is 4. The third-order valence-electron chi connectivity index (χ3n) is 3.51. The van der Waals surface area contributed by atoms with Crippen LogP contribution in [0.15, 0.2) is 11.6 Å². The second-order valence-corrected chi connectivity index (χ2v) is 5.42. The molecule has 0 atom stereocenters. The highest BCUT2D eigenvalue weighted by molar-refractivity contribution is 7.15. The molecule has 100 valence electrons. The lowest BCUT2D eigenvalue weighted by Gasteiger charge is -2.27. The maximum atomic E-state index is 4.78. The lowest BCUT2D eigenvalue weighted by molar-refractivity contribution is 0.584. The van der Waals surface area contributed by atoms with Crippen LogP contribution in [0, 0.1) is 0 Å². The summed E-state index contributed by atoms with van der Waals surface area (Å²) in [6.07, 6.45) is 4.40. The minimum absolute atomic E-state index is 0.560. The lowest BCUT2D eigenvalue weighted by Crippen LogP contribution is -2.31. The summed E-state index contributed by atoms with van der Waals surface area (Å²) in [4.78, 5) is 8.18. The Morgan fingerprint density at radius 2 is 2.17 bits per heavy atom. The van der Waals surface area contributed by atoms with Gasteiger partial charge in [-0.15, -0.1) is 11.3 Å². The fraction of sp³-hybridized carbons (Fsp3) is 0.615. The summed E-state index contributed by atoms with van der Waals surface area (Å²) in [7, 11) is 4.13. The van der Waals surface area contributed by atoms with E-state index in [1.54, 1.807) is 11.3 Å². The Hall–Kier alpha value is -1.07. The Kier molecular flexibility index (Phi) is 4.24. The SMILES string of the molecule is CCC(CC)N(C)c1nc2sccn2c1CNC. The summed E-state index contributed by atoms with van der Waals surface area (Å²) in [5, 5.41) is 5.33. The van der Waals surface area contributed by atoms with Gasteiger partial charge in [-0.1, -0.05) is 13.8 Å². The number of nitrogens with one attached hydrogen (secondary N) is 1. The summed E-state index contributed by atoms with van der Waals surface area (Å²) in [5.41, 5.74) is 1.25. The molecule has 0 bridgehead atoms. The van der Waals surface area contributed by atoms with Crippen molar-refractivity contribution in [1.82, 2.24) is 14.7 Å². The highest BCUT2D eigenvalue weighted by Gasteiger charge is 2.20. The molecule has 0 saturated carbocycles. The zero-order valence-electron chi connectivity index (χ0n) is 11.6. The van der Waals surface area contributed by atoms with E-state index in [-0.39, 0.29) is 0 Å². The van der Waals surface area contributed by atoms with Gasteiger partial charge < -0.3 is 10.2 Å². The minimum Gasteiger partial charge on any atom is -0.355 e. The van der Waals surface area contributed by atoms with Crippen molar-refractivity contribution in [3.8, 4) is 0 Å². The second kappa shape index (κ2) is 5.71. The van der Waals surface area contributed by atoms with Gasteiger partial charge in [0, 0.05) is 31.2 Å². The fourth-order valence-corrected chi connectivity index (χ4v) is 3.17. The number of fused-ring (bicyclic) bond motifs is 1. The van der Waals surface area contributed by atoms with Gasteiger partial charge in [-0.05, 0) is 19.9 Å². The second-order valence-electron chi connectivity index (χ2n) is 4.55. The zero-order chi connectivity index (χ0) is 13.1. The fourth-order valence-electron chi connectivity index (χ4n) is 2.44. The first-order valence-corrected chi connectivity index (χ1v) is 7.42. The largest absolute Gasteiger partial charge is 0.355 e. The quantitative estimate of drug-likeness (QED) is 0.872. The smallest absolute Gasteiger partial charge is 0.195 e. The van der Waals surface area contributed by atoms with E-state index >= 15 is 0 Å². The molecule has 0 aliphatic rings. The molecule has 0 fully saturated rings. The third kappa shape index (κ3) is 2.24. The molecule has 0 saturated heterocycles. The number of hydrogen-bond donors (Lipinski definition) is 1. The standard InChI is InChI=1S/C13H22N4S/c1-5-10(6-2)16(4)12-11(9-14-3)17-7-8-18-13(17)15-12/h7-8,10,14H,5-6,9H2,1-4H3. The van der Waals surface area contributed by atoms with Crippen molar-refractivity contribution < 1.29 is 0 Å². The Morgan fingerprint density at radius 3 is 2.78 bits per heavy atom. The molecule has 0 aliphatic heterocycles. The normalized spacial score (nSPS) is 11.6. The highest BCUT2D eigenvalue weighted by Crippen LogP contribution is 2.26. The molecule has 0 spiro atoms. The molecule has 0 aromatic carbocycles. The molecule has 0 unspecified atom stereocenters. The Labute approximate surface area is 113 Å². The van der Waals surface area contributed by atoms with Gasteiger partial charge in [-0.25, -0.2) is 4.98 Å². The summed E-state index contributed by atoms with van der Waals surface area (Å²) in [6, 6.07) is 0.560. The molecule has 18 heavy (non-hydrogen) atoms. The van der Waals surface area contributed by atoms with Crippen molar-refractivity contribution in [2.75, 3.05) is 19.0 Å². The minimum atomic E-state index is 0.560. The van der Waals surface area contributed by atoms with Crippen molar-refractivity contribution in [2.45, 2.75) is 39.3 Å². The first-order valence-electron chi connectivity index (χ1n) is 6.54. The van der Waals surface area contributed by atoms with E-state index in [1.165, 1.54) is 5.69 Å². The summed E-state index contributed by atoms with van der Waals surface area (Å²) in [6.45, 7) is 5.32. The average molecular weight is 266 g/mol. The Morgan fingerprint density at radius 1 is 1.44 bits per heavy atom. The van der Waals surface area contributed by atoms with E-state index in [1.807, 2.05) is 7.05 Å². The molecule has 2 rings (SSSR count). The molecule has 2 aromatic heterocycles. The molecule has 0 amide bonds. The maximum absolute atomic E-state index is 4.78. The first-order chi connectivity index (χ1) is 8.72. The zero-order valence-corrected chi connectivity index (χ0v) is 12.4. The monoisotopic (exact) mass is 266 g/mol. The van der Waals surface area contributed by atoms with Gasteiger partial charge in [0.05, 0.1) is 5.69 Å². The van der Waals surface area contributed by atoms with E-state index in [9.17, 15) is 0 Å². The van der Waals surface area contributed by atoms with Crippen LogP contribution in [-0.2, 0) is 6.54 Å². The van der Waals surface area contributed by atoms with Gasteiger partial charge in [0.15, 0.2) is 10.8 Å². The van der Waals surface area contributed by atoms with Crippen LogP contribution < -0.4 is 10.2 Å². The number of aromatic nitrogens is 2. The van der Waals surface area contributed by atoms with Crippen molar-refractivity contribution in [1.29, 1.82) is 0 Å². The van der Waals surface area contributed by atoms with Crippen molar-refractivity contribution >= 4 is 22.1 Å². The van der Waals surface area contributed by atoms with Crippen molar-refractivity contribution in [2.24, 2.45) is 0 Å². The van der Waals surface area contributed by atoms with Gasteiger partial charge in [-0.2, -0.15) is 0 Å². The van der Waals surface area contributed by atoms with Crippen molar-refractivity contribution in [3.05, 3.63) is 17.3 Å². The van der Waals surface area contributed by atoms with Crippen LogP contribution in [0.5, 0.6) is 0 Å². The molecule has 1 N–H and O–H groups in total. The van der Waals surface area contributed by atoms with Crippen LogP contribution in [0.4, 0.5) is 5.82 Å². The van der Waals surface area contributed by atoms with Crippen LogP contribution >= 0.6 is 11.3 Å². The molecule has 0 radical (unpaired) electrons. The van der Waals surface area contributed by atoms with Crippen LogP contribution in [0.1, 0.15) is 32.4 Å². The predicted octanol–water partition coefficient (Wildman–Crippen LogP) is 2.74. The van der Waals surface area contributed by atoms with E-state index in [0.29, 0.717) is 6.04 Å². The number of thiazole rings is 1. The molecular formula is C13H22N4S. The summed E-state index contributed by atoms with van der Waals surface area (Å²) >= 11 is 1.69. The molecule has 4 nitrogen and oxygen atoms in total. The van der Waals surface area contributed by atoms with E-state index in [2.05, 4.69) is 47.1 Å². The Bertz CT molecular complexity index is 498. The molecule has 5 heteroatoms. The summed E-state index contributed by atoms with van der Waals surface area (Å²) < 4.78 is 2.19. The van der Waals surface area contributed by atoms with Crippen LogP contribution in [0.3, 0.4) is 0 Å². The van der Waals surface area contributed by atoms with Gasteiger partial charge >= 0.3 is 0 Å². The van der Waals surface area contributed by atoms with E-state index in [4.69, 9.17) is 4.98 Å². The number of anilines is 1. The van der Waals surface area contributed by atoms with Gasteiger partial charge in [0.2, 0.25) is 0 Å². The van der Waals surface area contributed by atoms with E-state index < -0.39 is 0 Å². The number of imidazole rings is 1. The topological polar surface area (TPSA) is 32.6 Å². The van der Waals surface area contributed by atoms with Crippen molar-refractivity contribution in [3.63, 3.8) is 0 Å². The van der Waals surface area contributed by atoms with Gasteiger partial charge in [0.25, 0.3) is 0 Å². The molecule has 2 heterocycles. The van der Waals surface area contributed by atoms with Crippen LogP contribution in [-0.4, -0.2) is 29.5 Å². The van der Waals surface area contributed by atoms with Gasteiger partial charge in [-0.3, -0.25) is 4.40 Å². The van der Waals surface area contributed by atoms with Gasteiger partial charge in [0.1, 0.15) is 0 Å². The summed E-state index contributed by atoms with van der Waals surface area (Å²) in [5.74, 6) is 1.12. The number of nitrogens with zero attached hydrogens (tertiary/aromatic N) is 3. The average Bonchev–Trinajstić information content (AvgIpc) is 2.93. The predicted molar refractivity (Wildman–Crippen MR) is 78.6 cm³/mol. The van der Waals surface area contributed by atoms with E-state index in [0.717, 1.165) is 30.2 Å². The highest BCUT2D eigenvalue weighted by atomic mass is 32.1. The van der Waals surface area contributed by atoms with Crippen LogP contribution in [0.2, 0.25) is 0 Å². The number of rotatable bonds is 6. The molecule has 2 aromatic rings. The lowest BCUT2D eigenvalue weighted by atomic mass is 10.1.